The predicted molar refractivity (Wildman–Crippen MR) is 118 cm³/mol. The van der Waals surface area contributed by atoms with E-state index < -0.39 is 0 Å². The maximum absolute atomic E-state index is 12.6. The zero-order chi connectivity index (χ0) is 21.1. The summed E-state index contributed by atoms with van der Waals surface area (Å²) in [6.45, 7) is 4.28. The van der Waals surface area contributed by atoms with Crippen LogP contribution in [0.15, 0.2) is 60.9 Å². The Labute approximate surface area is 175 Å². The fourth-order valence-corrected chi connectivity index (χ4v) is 3.41. The third-order valence-corrected chi connectivity index (χ3v) is 5.00. The maximum atomic E-state index is 12.6. The molecule has 0 aliphatic heterocycles. The number of carbonyl (C=O) groups excluding carboxylic acids is 1. The molecule has 30 heavy (non-hydrogen) atoms. The molecule has 4 aromatic rings. The minimum atomic E-state index is -0.216. The van der Waals surface area contributed by atoms with Crippen molar-refractivity contribution in [3.63, 3.8) is 0 Å². The number of nitrogens with zero attached hydrogens (tertiary/aromatic N) is 3. The molecule has 3 N–H and O–H groups in total. The van der Waals surface area contributed by atoms with Gasteiger partial charge in [0.25, 0.3) is 5.91 Å². The topological polar surface area (TPSA) is 93.8 Å². The van der Waals surface area contributed by atoms with E-state index in [1.54, 1.807) is 12.3 Å². The van der Waals surface area contributed by atoms with E-state index in [0.29, 0.717) is 24.5 Å². The van der Waals surface area contributed by atoms with E-state index in [-0.39, 0.29) is 5.91 Å². The molecule has 3 aromatic heterocycles. The van der Waals surface area contributed by atoms with E-state index in [4.69, 9.17) is 5.73 Å². The summed E-state index contributed by atoms with van der Waals surface area (Å²) in [5, 5.41) is 4.02. The van der Waals surface area contributed by atoms with E-state index in [1.807, 2.05) is 44.3 Å². The first-order valence-electron chi connectivity index (χ1n) is 9.78. The van der Waals surface area contributed by atoms with E-state index in [1.165, 1.54) is 0 Å². The number of benzene rings is 1. The number of fused-ring (bicyclic) bond motifs is 1. The molecule has 3 heterocycles. The lowest BCUT2D eigenvalue weighted by molar-refractivity contribution is 0.0945. The number of rotatable bonds is 5. The minimum absolute atomic E-state index is 0.216. The Morgan fingerprint density at radius 3 is 2.67 bits per heavy atom. The summed E-state index contributed by atoms with van der Waals surface area (Å²) < 4.78 is 0. The van der Waals surface area contributed by atoms with Gasteiger partial charge in [0.05, 0.1) is 5.52 Å². The van der Waals surface area contributed by atoms with Gasteiger partial charge in [-0.25, -0.2) is 4.98 Å². The predicted octanol–water partition coefficient (Wildman–Crippen LogP) is 3.74. The number of aryl methyl sites for hydroxylation is 2. The van der Waals surface area contributed by atoms with Gasteiger partial charge in [-0.15, -0.1) is 0 Å². The van der Waals surface area contributed by atoms with Crippen LogP contribution >= 0.6 is 0 Å². The highest BCUT2D eigenvalue weighted by molar-refractivity contribution is 5.92. The molecule has 0 unspecified atom stereocenters. The molecular formula is C24H23N5O. The van der Waals surface area contributed by atoms with Crippen molar-refractivity contribution in [1.82, 2.24) is 20.3 Å². The molecule has 1 amide bonds. The van der Waals surface area contributed by atoms with Crippen LogP contribution in [0.1, 0.15) is 38.4 Å². The third kappa shape index (κ3) is 4.43. The summed E-state index contributed by atoms with van der Waals surface area (Å²) in [6.07, 6.45) is 4.26. The molecular weight excluding hydrogens is 374 g/mol. The summed E-state index contributed by atoms with van der Waals surface area (Å²) in [7, 11) is 0. The third-order valence-electron chi connectivity index (χ3n) is 5.00. The molecule has 6 nitrogen and oxygen atoms in total. The monoisotopic (exact) mass is 397 g/mol. The molecule has 0 radical (unpaired) electrons. The largest absolute Gasteiger partial charge is 0.384 e. The number of hydrogen-bond donors (Lipinski definition) is 2. The second kappa shape index (κ2) is 8.29. The van der Waals surface area contributed by atoms with Crippen LogP contribution < -0.4 is 11.1 Å². The number of hydrogen-bond acceptors (Lipinski definition) is 5. The number of nitrogens with two attached hydrogens (primary N) is 1. The lowest BCUT2D eigenvalue weighted by atomic mass is 10.0. The van der Waals surface area contributed by atoms with Crippen molar-refractivity contribution in [2.75, 3.05) is 5.73 Å². The standard InChI is InChI=1S/C24H23N5O/c1-15-9-20-11-17(3-5-21(20)27-13-15)10-18-7-8-26-22(12-18)24(30)28-14-19-4-6-23(25)29-16(19)2/h3-9,11-13H,10,14H2,1-2H3,(H2,25,29)(H,28,30). The quantitative estimate of drug-likeness (QED) is 0.535. The molecule has 1 aromatic carbocycles. The Hall–Kier alpha value is -3.80. The average Bonchev–Trinajstić information content (AvgIpc) is 2.73. The Kier molecular flexibility index (Phi) is 5.39. The van der Waals surface area contributed by atoms with Crippen LogP contribution in [-0.2, 0) is 13.0 Å². The number of pyridine rings is 3. The molecule has 0 saturated heterocycles. The molecule has 0 spiro atoms. The van der Waals surface area contributed by atoms with Crippen LogP contribution in [-0.4, -0.2) is 20.9 Å². The highest BCUT2D eigenvalue weighted by Gasteiger charge is 2.10. The highest BCUT2D eigenvalue weighted by atomic mass is 16.1. The molecule has 0 atom stereocenters. The molecule has 0 fully saturated rings. The van der Waals surface area contributed by atoms with E-state index in [2.05, 4.69) is 38.5 Å². The summed E-state index contributed by atoms with van der Waals surface area (Å²) in [5.74, 6) is 0.253. The molecule has 6 heteroatoms. The second-order valence-electron chi connectivity index (χ2n) is 7.43. The minimum Gasteiger partial charge on any atom is -0.384 e. The number of nitrogens with one attached hydrogen (secondary N) is 1. The van der Waals surface area contributed by atoms with Crippen molar-refractivity contribution in [1.29, 1.82) is 0 Å². The summed E-state index contributed by atoms with van der Waals surface area (Å²) in [5.41, 5.74) is 12.1. The van der Waals surface area contributed by atoms with Crippen LogP contribution in [0.5, 0.6) is 0 Å². The molecule has 4 rings (SSSR count). The van der Waals surface area contributed by atoms with Crippen LogP contribution in [0.4, 0.5) is 5.82 Å². The molecule has 0 aliphatic carbocycles. The fraction of sp³-hybridized carbons (Fsp3) is 0.167. The number of amides is 1. The molecule has 150 valence electrons. The van der Waals surface area contributed by atoms with Gasteiger partial charge in [-0.2, -0.15) is 0 Å². The van der Waals surface area contributed by atoms with Crippen molar-refractivity contribution in [3.05, 3.63) is 94.6 Å². The number of carbonyl (C=O) groups is 1. The average molecular weight is 397 g/mol. The smallest absolute Gasteiger partial charge is 0.270 e. The lowest BCUT2D eigenvalue weighted by Gasteiger charge is -2.09. The number of nitrogen functional groups attached to an aromatic ring is 1. The lowest BCUT2D eigenvalue weighted by Crippen LogP contribution is -2.24. The Morgan fingerprint density at radius 1 is 1.00 bits per heavy atom. The molecule has 0 aliphatic rings. The SMILES string of the molecule is Cc1cnc2ccc(Cc3ccnc(C(=O)NCc4ccc(N)nc4C)c3)cc2c1. The molecule has 0 saturated carbocycles. The van der Waals surface area contributed by atoms with Gasteiger partial charge in [0.15, 0.2) is 0 Å². The normalized spacial score (nSPS) is 10.9. The first-order chi connectivity index (χ1) is 14.5. The van der Waals surface area contributed by atoms with Crippen LogP contribution in [0.25, 0.3) is 10.9 Å². The summed E-state index contributed by atoms with van der Waals surface area (Å²) in [4.78, 5) is 25.5. The van der Waals surface area contributed by atoms with E-state index in [9.17, 15) is 4.79 Å². The van der Waals surface area contributed by atoms with Crippen molar-refractivity contribution < 1.29 is 4.79 Å². The van der Waals surface area contributed by atoms with Crippen molar-refractivity contribution in [3.8, 4) is 0 Å². The zero-order valence-electron chi connectivity index (χ0n) is 17.0. The number of aromatic nitrogens is 3. The summed E-state index contributed by atoms with van der Waals surface area (Å²) in [6, 6.07) is 15.7. The Bertz CT molecular complexity index is 1240. The van der Waals surface area contributed by atoms with Crippen molar-refractivity contribution >= 4 is 22.6 Å². The van der Waals surface area contributed by atoms with Crippen LogP contribution in [0.2, 0.25) is 0 Å². The van der Waals surface area contributed by atoms with Crippen molar-refractivity contribution in [2.45, 2.75) is 26.8 Å². The number of anilines is 1. The molecule has 0 bridgehead atoms. The van der Waals surface area contributed by atoms with Gasteiger partial charge in [0, 0.05) is 30.0 Å². The van der Waals surface area contributed by atoms with E-state index >= 15 is 0 Å². The summed E-state index contributed by atoms with van der Waals surface area (Å²) >= 11 is 0. The first kappa shape index (κ1) is 19.5. The van der Waals surface area contributed by atoms with Gasteiger partial charge in [0.2, 0.25) is 0 Å². The van der Waals surface area contributed by atoms with E-state index in [0.717, 1.165) is 38.9 Å². The maximum Gasteiger partial charge on any atom is 0.270 e. The Morgan fingerprint density at radius 2 is 1.83 bits per heavy atom. The van der Waals surface area contributed by atoms with Gasteiger partial charge >= 0.3 is 0 Å². The van der Waals surface area contributed by atoms with Gasteiger partial charge in [0.1, 0.15) is 11.5 Å². The van der Waals surface area contributed by atoms with Crippen LogP contribution in [0, 0.1) is 13.8 Å². The van der Waals surface area contributed by atoms with Gasteiger partial charge < -0.3 is 11.1 Å². The van der Waals surface area contributed by atoms with Gasteiger partial charge in [-0.05, 0) is 78.9 Å². The zero-order valence-corrected chi connectivity index (χ0v) is 17.0. The van der Waals surface area contributed by atoms with Gasteiger partial charge in [-0.3, -0.25) is 14.8 Å². The highest BCUT2D eigenvalue weighted by Crippen LogP contribution is 2.18. The Balaban J connectivity index is 1.47. The van der Waals surface area contributed by atoms with Gasteiger partial charge in [-0.1, -0.05) is 12.1 Å². The fourth-order valence-electron chi connectivity index (χ4n) is 3.41. The first-order valence-corrected chi connectivity index (χ1v) is 9.78. The second-order valence-corrected chi connectivity index (χ2v) is 7.43. The van der Waals surface area contributed by atoms with Crippen LogP contribution in [0.3, 0.4) is 0 Å². The van der Waals surface area contributed by atoms with Crippen molar-refractivity contribution in [2.24, 2.45) is 0 Å².